The molecule has 2 N–H and O–H groups in total. The molecule has 4 nitrogen and oxygen atoms in total. The molecule has 122 valence electrons. The third-order valence-electron chi connectivity index (χ3n) is 3.90. The normalized spacial score (nSPS) is 15.6. The molecule has 23 heavy (non-hydrogen) atoms. The number of carbonyl (C=O) groups is 1. The Morgan fingerprint density at radius 3 is 2.96 bits per heavy atom. The first-order valence-corrected chi connectivity index (χ1v) is 8.77. The Labute approximate surface area is 143 Å². The molecule has 3 rings (SSSR count). The Kier molecular flexibility index (Phi) is 5.25. The van der Waals surface area contributed by atoms with Crippen LogP contribution in [0.15, 0.2) is 23.6 Å². The average molecular weight is 354 g/mol. The minimum Gasteiger partial charge on any atom is -0.346 e. The van der Waals surface area contributed by atoms with Gasteiger partial charge >= 0.3 is 0 Å². The van der Waals surface area contributed by atoms with Gasteiger partial charge in [-0.15, -0.1) is 11.3 Å². The number of nitrogens with zero attached hydrogens (tertiary/aromatic N) is 1. The van der Waals surface area contributed by atoms with Gasteiger partial charge in [-0.25, -0.2) is 9.37 Å². The van der Waals surface area contributed by atoms with Crippen LogP contribution in [0.25, 0.3) is 0 Å². The van der Waals surface area contributed by atoms with Gasteiger partial charge in [0.15, 0.2) is 0 Å². The highest BCUT2D eigenvalue weighted by atomic mass is 35.5. The lowest BCUT2D eigenvalue weighted by molar-refractivity contribution is 0.0946. The minimum atomic E-state index is -0.425. The van der Waals surface area contributed by atoms with Crippen LogP contribution in [0.3, 0.4) is 0 Å². The molecule has 0 radical (unpaired) electrons. The number of amides is 1. The van der Waals surface area contributed by atoms with Gasteiger partial charge in [-0.05, 0) is 38.1 Å². The zero-order valence-electron chi connectivity index (χ0n) is 12.4. The molecular formula is C16H17ClFN3OS. The molecule has 0 atom stereocenters. The minimum absolute atomic E-state index is 0.113. The third-order valence-corrected chi connectivity index (χ3v) is 5.14. The number of thiazole rings is 1. The van der Waals surface area contributed by atoms with E-state index in [4.69, 9.17) is 11.6 Å². The van der Waals surface area contributed by atoms with Crippen molar-refractivity contribution in [3.63, 3.8) is 0 Å². The lowest BCUT2D eigenvalue weighted by atomic mass is 9.99. The number of halogens is 2. The molecule has 1 aliphatic heterocycles. The predicted octanol–water partition coefficient (Wildman–Crippen LogP) is 3.33. The lowest BCUT2D eigenvalue weighted by Crippen LogP contribution is -2.27. The summed E-state index contributed by atoms with van der Waals surface area (Å²) in [5.41, 5.74) is 0.800. The van der Waals surface area contributed by atoms with Crippen molar-refractivity contribution in [2.75, 3.05) is 13.1 Å². The largest absolute Gasteiger partial charge is 0.346 e. The SMILES string of the molecule is O=C(NCc1ccc(Cl)cc1F)c1csc(C2CCNCC2)n1. The molecule has 1 fully saturated rings. The zero-order chi connectivity index (χ0) is 16.2. The quantitative estimate of drug-likeness (QED) is 0.886. The van der Waals surface area contributed by atoms with Crippen molar-refractivity contribution < 1.29 is 9.18 Å². The average Bonchev–Trinajstić information content (AvgIpc) is 3.05. The fourth-order valence-electron chi connectivity index (χ4n) is 2.58. The Morgan fingerprint density at radius 1 is 1.43 bits per heavy atom. The van der Waals surface area contributed by atoms with Gasteiger partial charge < -0.3 is 10.6 Å². The number of aromatic nitrogens is 1. The van der Waals surface area contributed by atoms with Gasteiger partial charge in [-0.3, -0.25) is 4.79 Å². The topological polar surface area (TPSA) is 54.0 Å². The van der Waals surface area contributed by atoms with Crippen LogP contribution in [-0.4, -0.2) is 24.0 Å². The van der Waals surface area contributed by atoms with E-state index in [9.17, 15) is 9.18 Å². The number of carbonyl (C=O) groups excluding carboxylic acids is 1. The molecule has 1 saturated heterocycles. The van der Waals surface area contributed by atoms with Crippen LogP contribution < -0.4 is 10.6 Å². The molecule has 7 heteroatoms. The predicted molar refractivity (Wildman–Crippen MR) is 89.5 cm³/mol. The molecule has 1 aromatic heterocycles. The smallest absolute Gasteiger partial charge is 0.271 e. The maximum atomic E-state index is 13.7. The standard InChI is InChI=1S/C16H17ClFN3OS/c17-12-2-1-11(13(18)7-12)8-20-15(22)14-9-23-16(21-14)10-3-5-19-6-4-10/h1-2,7,9-10,19H,3-6,8H2,(H,20,22). The summed E-state index contributed by atoms with van der Waals surface area (Å²) in [4.78, 5) is 16.6. The molecule has 1 aliphatic rings. The first kappa shape index (κ1) is 16.4. The lowest BCUT2D eigenvalue weighted by Gasteiger charge is -2.20. The molecule has 2 aromatic rings. The van der Waals surface area contributed by atoms with E-state index in [0.29, 0.717) is 22.2 Å². The summed E-state index contributed by atoms with van der Waals surface area (Å²) in [6, 6.07) is 4.41. The maximum absolute atomic E-state index is 13.7. The van der Waals surface area contributed by atoms with Crippen molar-refractivity contribution in [1.82, 2.24) is 15.6 Å². The second-order valence-electron chi connectivity index (χ2n) is 5.51. The van der Waals surface area contributed by atoms with E-state index in [0.717, 1.165) is 30.9 Å². The molecule has 0 bridgehead atoms. The molecule has 2 heterocycles. The van der Waals surface area contributed by atoms with Crippen LogP contribution in [0.1, 0.15) is 39.8 Å². The van der Waals surface area contributed by atoms with E-state index >= 15 is 0 Å². The molecule has 0 aliphatic carbocycles. The summed E-state index contributed by atoms with van der Waals surface area (Å²) in [6.45, 7) is 2.09. The van der Waals surface area contributed by atoms with Gasteiger partial charge in [0.1, 0.15) is 11.5 Å². The van der Waals surface area contributed by atoms with Crippen LogP contribution in [0.5, 0.6) is 0 Å². The second kappa shape index (κ2) is 7.38. The van der Waals surface area contributed by atoms with Crippen LogP contribution in [0.2, 0.25) is 5.02 Å². The van der Waals surface area contributed by atoms with Gasteiger partial charge in [0.25, 0.3) is 5.91 Å². The van der Waals surface area contributed by atoms with E-state index in [2.05, 4.69) is 15.6 Å². The van der Waals surface area contributed by atoms with E-state index in [1.807, 2.05) is 0 Å². The summed E-state index contributed by atoms with van der Waals surface area (Å²) < 4.78 is 13.7. The molecule has 1 aromatic carbocycles. The highest BCUT2D eigenvalue weighted by Crippen LogP contribution is 2.27. The van der Waals surface area contributed by atoms with Crippen molar-refractivity contribution >= 4 is 28.8 Å². The van der Waals surface area contributed by atoms with E-state index in [-0.39, 0.29) is 12.5 Å². The Morgan fingerprint density at radius 2 is 2.22 bits per heavy atom. The number of nitrogens with one attached hydrogen (secondary N) is 2. The molecule has 1 amide bonds. The third kappa shape index (κ3) is 4.07. The number of piperidine rings is 1. The number of hydrogen-bond donors (Lipinski definition) is 2. The fraction of sp³-hybridized carbons (Fsp3) is 0.375. The van der Waals surface area contributed by atoms with E-state index < -0.39 is 5.82 Å². The maximum Gasteiger partial charge on any atom is 0.271 e. The molecular weight excluding hydrogens is 337 g/mol. The zero-order valence-corrected chi connectivity index (χ0v) is 14.0. The summed E-state index contributed by atoms with van der Waals surface area (Å²) in [6.07, 6.45) is 2.09. The second-order valence-corrected chi connectivity index (χ2v) is 6.84. The highest BCUT2D eigenvalue weighted by molar-refractivity contribution is 7.09. The van der Waals surface area contributed by atoms with Gasteiger partial charge in [0.2, 0.25) is 0 Å². The van der Waals surface area contributed by atoms with Gasteiger partial charge in [-0.2, -0.15) is 0 Å². The van der Waals surface area contributed by atoms with Crippen molar-refractivity contribution in [3.8, 4) is 0 Å². The van der Waals surface area contributed by atoms with Crippen molar-refractivity contribution in [2.45, 2.75) is 25.3 Å². The Balaban J connectivity index is 1.61. The molecule has 0 saturated carbocycles. The van der Waals surface area contributed by atoms with Gasteiger partial charge in [-0.1, -0.05) is 17.7 Å². The summed E-state index contributed by atoms with van der Waals surface area (Å²) in [7, 11) is 0. The summed E-state index contributed by atoms with van der Waals surface area (Å²) in [5.74, 6) is -0.279. The summed E-state index contributed by atoms with van der Waals surface area (Å²) in [5, 5.41) is 9.13. The number of hydrogen-bond acceptors (Lipinski definition) is 4. The fourth-order valence-corrected chi connectivity index (χ4v) is 3.71. The Hall–Kier alpha value is -1.50. The van der Waals surface area contributed by atoms with E-state index in [1.54, 1.807) is 17.5 Å². The monoisotopic (exact) mass is 353 g/mol. The number of rotatable bonds is 4. The van der Waals surface area contributed by atoms with Crippen LogP contribution in [0, 0.1) is 5.82 Å². The van der Waals surface area contributed by atoms with Crippen molar-refractivity contribution in [3.05, 3.63) is 50.7 Å². The summed E-state index contributed by atoms with van der Waals surface area (Å²) >= 11 is 7.23. The van der Waals surface area contributed by atoms with Crippen LogP contribution in [-0.2, 0) is 6.54 Å². The first-order chi connectivity index (χ1) is 11.1. The highest BCUT2D eigenvalue weighted by Gasteiger charge is 2.20. The molecule has 0 unspecified atom stereocenters. The molecule has 0 spiro atoms. The van der Waals surface area contributed by atoms with Crippen LogP contribution in [0.4, 0.5) is 4.39 Å². The van der Waals surface area contributed by atoms with Gasteiger partial charge in [0.05, 0.1) is 5.01 Å². The van der Waals surface area contributed by atoms with Gasteiger partial charge in [0, 0.05) is 28.4 Å². The van der Waals surface area contributed by atoms with Crippen molar-refractivity contribution in [2.24, 2.45) is 0 Å². The van der Waals surface area contributed by atoms with Crippen LogP contribution >= 0.6 is 22.9 Å². The Bertz CT molecular complexity index is 700. The van der Waals surface area contributed by atoms with E-state index in [1.165, 1.54) is 17.4 Å². The van der Waals surface area contributed by atoms with Crippen molar-refractivity contribution in [1.29, 1.82) is 0 Å². The number of benzene rings is 1. The first-order valence-electron chi connectivity index (χ1n) is 7.52.